The number of nitrogens with zero attached hydrogens (tertiary/aromatic N) is 2. The molecule has 0 aliphatic heterocycles. The van der Waals surface area contributed by atoms with Gasteiger partial charge in [-0.05, 0) is 48.2 Å². The fraction of sp³-hybridized carbons (Fsp3) is 0.250. The van der Waals surface area contributed by atoms with E-state index in [0.717, 1.165) is 33.3 Å². The fourth-order valence-corrected chi connectivity index (χ4v) is 7.41. The molecular weight excluding hydrogens is 575 g/mol. The molecule has 1 aromatic heterocycles. The molecule has 5 rings (SSSR count). The number of benzene rings is 3. The maximum absolute atomic E-state index is 15.6. The van der Waals surface area contributed by atoms with Crippen molar-refractivity contribution >= 4 is 43.8 Å². The number of nitrogens with two attached hydrogens (primary N) is 1. The molecule has 0 saturated carbocycles. The monoisotopic (exact) mass is 602 g/mol. The molecule has 0 unspecified atom stereocenters. The molecule has 0 amide bonds. The first-order valence-electron chi connectivity index (χ1n) is 12.4. The van der Waals surface area contributed by atoms with Crippen molar-refractivity contribution in [3.8, 4) is 11.5 Å². The van der Waals surface area contributed by atoms with E-state index in [4.69, 9.17) is 26.8 Å². The summed E-state index contributed by atoms with van der Waals surface area (Å²) in [7, 11) is -1.44. The van der Waals surface area contributed by atoms with Gasteiger partial charge in [0.15, 0.2) is 5.13 Å². The zero-order valence-corrected chi connectivity index (χ0v) is 24.2. The maximum Gasteiger partial charge on any atom is 0.269 e. The van der Waals surface area contributed by atoms with Crippen LogP contribution in [0, 0.1) is 5.82 Å². The number of ether oxygens (including phenoxy) is 2. The average Bonchev–Trinajstić information content (AvgIpc) is 3.48. The topological polar surface area (TPSA) is 107 Å². The van der Waals surface area contributed by atoms with E-state index in [1.54, 1.807) is 23.6 Å². The average molecular weight is 603 g/mol. The van der Waals surface area contributed by atoms with Crippen molar-refractivity contribution in [2.75, 3.05) is 23.8 Å². The van der Waals surface area contributed by atoms with Crippen molar-refractivity contribution < 1.29 is 22.3 Å². The summed E-state index contributed by atoms with van der Waals surface area (Å²) in [6.45, 7) is -0.156. The van der Waals surface area contributed by atoms with Crippen LogP contribution < -0.4 is 24.8 Å². The Morgan fingerprint density at radius 2 is 1.88 bits per heavy atom. The summed E-state index contributed by atoms with van der Waals surface area (Å²) in [5.74, 6) is 0.0193. The number of rotatable bonds is 9. The van der Waals surface area contributed by atoms with E-state index in [9.17, 15) is 8.42 Å². The fourth-order valence-electron chi connectivity index (χ4n) is 4.79. The molecule has 3 N–H and O–H groups in total. The number of halogens is 2. The van der Waals surface area contributed by atoms with Crippen molar-refractivity contribution in [2.45, 2.75) is 36.4 Å². The summed E-state index contributed by atoms with van der Waals surface area (Å²) in [6.07, 6.45) is 2.78. The Morgan fingerprint density at radius 3 is 2.55 bits per heavy atom. The molecule has 210 valence electrons. The van der Waals surface area contributed by atoms with Crippen LogP contribution in [-0.4, -0.2) is 39.7 Å². The Kier molecular flexibility index (Phi) is 8.18. The number of methoxy groups -OCH3 is 2. The van der Waals surface area contributed by atoms with Gasteiger partial charge in [-0.2, -0.15) is 0 Å². The summed E-state index contributed by atoms with van der Waals surface area (Å²) in [6, 6.07) is 14.9. The molecule has 3 aromatic carbocycles. The molecule has 40 heavy (non-hydrogen) atoms. The largest absolute Gasteiger partial charge is 0.497 e. The predicted octanol–water partition coefficient (Wildman–Crippen LogP) is 5.25. The van der Waals surface area contributed by atoms with E-state index >= 15 is 4.39 Å². The summed E-state index contributed by atoms with van der Waals surface area (Å²) < 4.78 is 55.2. The number of aromatic nitrogens is 1. The standard InChI is InChI=1S/C28H28ClFN4O4S2/c1-37-20-8-7-19(26(13-20)38-2)16-34(28-32-9-10-39-28)40(35,36)27-14-21(29)24(15-22(27)30)33-25-12-18-6-4-3-5-17(18)11-23(25)31/h3-10,13-15,23,25,33H,11-12,16,31H2,1-2H3/t23-,25-/m1/s1. The second kappa shape index (κ2) is 11.6. The van der Waals surface area contributed by atoms with Gasteiger partial charge in [-0.1, -0.05) is 35.9 Å². The molecule has 8 nitrogen and oxygen atoms in total. The van der Waals surface area contributed by atoms with E-state index in [2.05, 4.69) is 10.3 Å². The molecule has 2 atom stereocenters. The van der Waals surface area contributed by atoms with Gasteiger partial charge < -0.3 is 20.5 Å². The SMILES string of the molecule is COc1ccc(CN(c2nccs2)S(=O)(=O)c2cc(Cl)c(N[C@@H]3Cc4ccccc4C[C@H]3N)cc2F)c(OC)c1. The summed E-state index contributed by atoms with van der Waals surface area (Å²) >= 11 is 7.66. The second-order valence-corrected chi connectivity index (χ2v) is 12.5. The highest BCUT2D eigenvalue weighted by atomic mass is 35.5. The smallest absolute Gasteiger partial charge is 0.269 e. The van der Waals surface area contributed by atoms with Crippen molar-refractivity contribution in [1.82, 2.24) is 4.98 Å². The lowest BCUT2D eigenvalue weighted by Gasteiger charge is -2.32. The van der Waals surface area contributed by atoms with Gasteiger partial charge in [0.1, 0.15) is 22.2 Å². The van der Waals surface area contributed by atoms with E-state index in [-0.39, 0.29) is 34.5 Å². The normalized spacial score (nSPS) is 16.7. The zero-order valence-electron chi connectivity index (χ0n) is 21.8. The Bertz CT molecular complexity index is 1620. The first-order chi connectivity index (χ1) is 19.2. The van der Waals surface area contributed by atoms with Gasteiger partial charge in [0.2, 0.25) is 0 Å². The molecule has 4 aromatic rings. The van der Waals surface area contributed by atoms with Gasteiger partial charge >= 0.3 is 0 Å². The number of thiazole rings is 1. The molecule has 0 fully saturated rings. The van der Waals surface area contributed by atoms with E-state index in [1.807, 2.05) is 24.3 Å². The van der Waals surface area contributed by atoms with Crippen LogP contribution in [-0.2, 0) is 29.4 Å². The molecule has 0 bridgehead atoms. The number of anilines is 2. The maximum atomic E-state index is 15.6. The van der Waals surface area contributed by atoms with Crippen LogP contribution in [0.1, 0.15) is 16.7 Å². The number of hydrogen-bond donors (Lipinski definition) is 2. The van der Waals surface area contributed by atoms with Crippen molar-refractivity contribution in [3.63, 3.8) is 0 Å². The first kappa shape index (κ1) is 28.2. The van der Waals surface area contributed by atoms with Crippen LogP contribution in [0.2, 0.25) is 5.02 Å². The molecule has 0 radical (unpaired) electrons. The van der Waals surface area contributed by atoms with Crippen LogP contribution in [0.3, 0.4) is 0 Å². The van der Waals surface area contributed by atoms with Crippen LogP contribution in [0.15, 0.2) is 71.1 Å². The van der Waals surface area contributed by atoms with Gasteiger partial charge in [0.25, 0.3) is 10.0 Å². The van der Waals surface area contributed by atoms with Crippen molar-refractivity contribution in [2.24, 2.45) is 5.73 Å². The lowest BCUT2D eigenvalue weighted by atomic mass is 9.85. The molecule has 0 saturated heterocycles. The molecule has 12 heteroatoms. The van der Waals surface area contributed by atoms with E-state index in [0.29, 0.717) is 29.9 Å². The molecular formula is C28H28ClFN4O4S2. The minimum absolute atomic E-state index is 0.0622. The lowest BCUT2D eigenvalue weighted by molar-refractivity contribution is 0.391. The quantitative estimate of drug-likeness (QED) is 0.269. The summed E-state index contributed by atoms with van der Waals surface area (Å²) in [5.41, 5.74) is 9.57. The third-order valence-corrected chi connectivity index (χ3v) is 9.88. The van der Waals surface area contributed by atoms with E-state index < -0.39 is 20.7 Å². The Hall–Kier alpha value is -3.38. The van der Waals surface area contributed by atoms with Crippen LogP contribution in [0.5, 0.6) is 11.5 Å². The molecule has 0 spiro atoms. The van der Waals surface area contributed by atoms with Crippen molar-refractivity contribution in [3.05, 3.63) is 93.7 Å². The van der Waals surface area contributed by atoms with Gasteiger partial charge in [0, 0.05) is 35.3 Å². The molecule has 1 aliphatic rings. The Labute approximate surface area is 241 Å². The second-order valence-electron chi connectivity index (χ2n) is 9.36. The molecule has 1 heterocycles. The molecule has 1 aliphatic carbocycles. The zero-order chi connectivity index (χ0) is 28.4. The minimum atomic E-state index is -4.43. The van der Waals surface area contributed by atoms with Crippen LogP contribution in [0.25, 0.3) is 0 Å². The third-order valence-electron chi connectivity index (χ3n) is 6.90. The lowest BCUT2D eigenvalue weighted by Crippen LogP contribution is -2.46. The third kappa shape index (κ3) is 5.60. The van der Waals surface area contributed by atoms with Crippen LogP contribution in [0.4, 0.5) is 15.2 Å². The minimum Gasteiger partial charge on any atom is -0.497 e. The van der Waals surface area contributed by atoms with Crippen molar-refractivity contribution in [1.29, 1.82) is 0 Å². The van der Waals surface area contributed by atoms with Gasteiger partial charge in [0.05, 0.1) is 31.5 Å². The van der Waals surface area contributed by atoms with Gasteiger partial charge in [-0.15, -0.1) is 11.3 Å². The number of hydrogen-bond acceptors (Lipinski definition) is 8. The predicted molar refractivity (Wildman–Crippen MR) is 156 cm³/mol. The Morgan fingerprint density at radius 1 is 1.12 bits per heavy atom. The van der Waals surface area contributed by atoms with Gasteiger partial charge in [-0.3, -0.25) is 0 Å². The summed E-state index contributed by atoms with van der Waals surface area (Å²) in [4.78, 5) is 3.62. The number of nitrogens with one attached hydrogen (secondary N) is 1. The highest BCUT2D eigenvalue weighted by Gasteiger charge is 2.32. The number of fused-ring (bicyclic) bond motifs is 1. The number of sulfonamides is 1. The van der Waals surface area contributed by atoms with Gasteiger partial charge in [-0.25, -0.2) is 22.1 Å². The van der Waals surface area contributed by atoms with Crippen LogP contribution >= 0.6 is 22.9 Å². The first-order valence-corrected chi connectivity index (χ1v) is 15.1. The Balaban J connectivity index is 1.46. The highest BCUT2D eigenvalue weighted by Crippen LogP contribution is 2.36. The highest BCUT2D eigenvalue weighted by molar-refractivity contribution is 7.93. The summed E-state index contributed by atoms with van der Waals surface area (Å²) in [5, 5.41) is 5.11. The van der Waals surface area contributed by atoms with E-state index in [1.165, 1.54) is 26.0 Å².